The molecule has 0 aliphatic heterocycles. The van der Waals surface area contributed by atoms with Gasteiger partial charge in [-0.2, -0.15) is 0 Å². The van der Waals surface area contributed by atoms with Crippen molar-refractivity contribution in [3.05, 3.63) is 77.5 Å². The molecular formula is C25H26N4O5. The Kier molecular flexibility index (Phi) is 6.36. The maximum Gasteiger partial charge on any atom is 0.404 e. The smallest absolute Gasteiger partial charge is 0.404 e. The molecule has 1 aliphatic carbocycles. The topological polar surface area (TPSA) is 137 Å². The highest BCUT2D eigenvalue weighted by Crippen LogP contribution is 2.34. The Bertz CT molecular complexity index is 1160. The summed E-state index contributed by atoms with van der Waals surface area (Å²) in [4.78, 5) is 21.8. The maximum absolute atomic E-state index is 11.1. The van der Waals surface area contributed by atoms with Crippen molar-refractivity contribution >= 4 is 12.0 Å². The van der Waals surface area contributed by atoms with Crippen LogP contribution in [0.3, 0.4) is 0 Å². The summed E-state index contributed by atoms with van der Waals surface area (Å²) in [5, 5.41) is 18.8. The monoisotopic (exact) mass is 462 g/mol. The summed E-state index contributed by atoms with van der Waals surface area (Å²) < 4.78 is 11.6. The molecule has 0 radical (unpaired) electrons. The van der Waals surface area contributed by atoms with Gasteiger partial charge in [-0.3, -0.25) is 4.79 Å². The number of primary amides is 1. The minimum atomic E-state index is -0.998. The van der Waals surface area contributed by atoms with E-state index in [1.165, 1.54) is 6.07 Å². The zero-order valence-electron chi connectivity index (χ0n) is 18.9. The number of carboxylic acid groups (broad SMARTS) is 1. The number of aromatic nitrogens is 2. The van der Waals surface area contributed by atoms with Crippen molar-refractivity contribution in [3.63, 3.8) is 0 Å². The summed E-state index contributed by atoms with van der Waals surface area (Å²) in [6.07, 6.45) is 0.381. The zero-order valence-corrected chi connectivity index (χ0v) is 18.9. The van der Waals surface area contributed by atoms with E-state index in [9.17, 15) is 9.59 Å². The normalized spacial score (nSPS) is 17.4. The van der Waals surface area contributed by atoms with Crippen LogP contribution in [0, 0.1) is 0 Å². The van der Waals surface area contributed by atoms with Gasteiger partial charge in [-0.05, 0) is 41.5 Å². The van der Waals surface area contributed by atoms with Gasteiger partial charge >= 0.3 is 6.09 Å². The van der Waals surface area contributed by atoms with Crippen molar-refractivity contribution in [2.24, 2.45) is 5.73 Å². The van der Waals surface area contributed by atoms with Crippen LogP contribution in [0.5, 0.6) is 17.4 Å². The summed E-state index contributed by atoms with van der Waals surface area (Å²) in [6.45, 7) is 4.28. The van der Waals surface area contributed by atoms with Gasteiger partial charge in [0, 0.05) is 30.4 Å². The number of nitrogens with two attached hydrogens (primary N) is 1. The first-order valence-corrected chi connectivity index (χ1v) is 10.9. The van der Waals surface area contributed by atoms with Gasteiger partial charge < -0.3 is 25.6 Å². The van der Waals surface area contributed by atoms with Gasteiger partial charge in [0.15, 0.2) is 5.69 Å². The van der Waals surface area contributed by atoms with E-state index in [-0.39, 0.29) is 29.1 Å². The molecule has 0 spiro atoms. The van der Waals surface area contributed by atoms with Crippen molar-refractivity contribution in [2.45, 2.75) is 44.2 Å². The molecule has 3 aromatic rings. The van der Waals surface area contributed by atoms with E-state index >= 15 is 0 Å². The molecule has 9 nitrogen and oxygen atoms in total. The Morgan fingerprint density at radius 3 is 2.03 bits per heavy atom. The van der Waals surface area contributed by atoms with E-state index in [1.54, 1.807) is 6.07 Å². The largest absolute Gasteiger partial charge is 0.490 e. The second-order valence-corrected chi connectivity index (χ2v) is 8.75. The minimum Gasteiger partial charge on any atom is -0.490 e. The van der Waals surface area contributed by atoms with Crippen molar-refractivity contribution in [1.29, 1.82) is 0 Å². The van der Waals surface area contributed by atoms with Gasteiger partial charge in [0.25, 0.3) is 5.91 Å². The average Bonchev–Trinajstić information content (AvgIpc) is 2.78. The molecule has 0 atom stereocenters. The highest BCUT2D eigenvalue weighted by molar-refractivity contribution is 5.90. The van der Waals surface area contributed by atoms with Crippen LogP contribution in [0.1, 0.15) is 48.3 Å². The Morgan fingerprint density at radius 1 is 0.941 bits per heavy atom. The Labute approximate surface area is 196 Å². The quantitative estimate of drug-likeness (QED) is 0.462. The molecule has 2 aromatic carbocycles. The third kappa shape index (κ3) is 5.25. The lowest BCUT2D eigenvalue weighted by Crippen LogP contribution is -2.48. The second-order valence-electron chi connectivity index (χ2n) is 8.75. The average molecular weight is 463 g/mol. The highest BCUT2D eigenvalue weighted by Gasteiger charge is 2.32. The Morgan fingerprint density at radius 2 is 1.53 bits per heavy atom. The van der Waals surface area contributed by atoms with Crippen molar-refractivity contribution in [2.75, 3.05) is 0 Å². The molecule has 1 heterocycles. The van der Waals surface area contributed by atoms with E-state index in [0.717, 1.165) is 16.9 Å². The number of carbonyl (C=O) groups is 2. The number of rotatable bonds is 8. The summed E-state index contributed by atoms with van der Waals surface area (Å²) in [6, 6.07) is 18.7. The fourth-order valence-corrected chi connectivity index (χ4v) is 3.83. The van der Waals surface area contributed by atoms with Crippen LogP contribution in [-0.4, -0.2) is 39.5 Å². The lowest BCUT2D eigenvalue weighted by atomic mass is 9.78. The third-order valence-electron chi connectivity index (χ3n) is 5.99. The first kappa shape index (κ1) is 23.0. The number of amides is 2. The Balaban J connectivity index is 1.36. The molecule has 0 saturated heterocycles. The van der Waals surface area contributed by atoms with E-state index in [0.29, 0.717) is 18.6 Å². The number of benzene rings is 2. The molecule has 2 amide bonds. The molecule has 0 unspecified atom stereocenters. The van der Waals surface area contributed by atoms with Gasteiger partial charge in [-0.15, -0.1) is 10.2 Å². The van der Waals surface area contributed by atoms with Gasteiger partial charge in [-0.25, -0.2) is 4.79 Å². The van der Waals surface area contributed by atoms with Gasteiger partial charge in [0.2, 0.25) is 5.88 Å². The van der Waals surface area contributed by atoms with E-state index in [1.807, 2.05) is 48.5 Å². The van der Waals surface area contributed by atoms with Gasteiger partial charge in [0.05, 0.1) is 0 Å². The van der Waals surface area contributed by atoms with Crippen LogP contribution >= 0.6 is 0 Å². The summed E-state index contributed by atoms with van der Waals surface area (Å²) in [5.41, 5.74) is 7.22. The molecule has 4 rings (SSSR count). The molecule has 0 bridgehead atoms. The van der Waals surface area contributed by atoms with Crippen molar-refractivity contribution in [1.82, 2.24) is 15.5 Å². The molecule has 9 heteroatoms. The van der Waals surface area contributed by atoms with E-state index in [2.05, 4.69) is 29.4 Å². The van der Waals surface area contributed by atoms with Crippen molar-refractivity contribution in [3.8, 4) is 17.4 Å². The van der Waals surface area contributed by atoms with Crippen LogP contribution in [0.15, 0.2) is 60.7 Å². The van der Waals surface area contributed by atoms with E-state index < -0.39 is 12.0 Å². The first-order valence-electron chi connectivity index (χ1n) is 10.9. The molecular weight excluding hydrogens is 436 g/mol. The summed E-state index contributed by atoms with van der Waals surface area (Å²) in [7, 11) is 0. The molecule has 34 heavy (non-hydrogen) atoms. The molecule has 176 valence electrons. The van der Waals surface area contributed by atoms with Crippen LogP contribution in [-0.2, 0) is 5.41 Å². The number of hydrogen-bond donors (Lipinski definition) is 3. The SMILES string of the molecule is CC(C)(c1ccc(Oc2ccc(C(N)=O)nn2)cc1)c1ccc(O[C@H]2C[C@H](NC(=O)O)C2)cc1. The van der Waals surface area contributed by atoms with Gasteiger partial charge in [-0.1, -0.05) is 38.1 Å². The molecule has 1 saturated carbocycles. The van der Waals surface area contributed by atoms with E-state index in [4.69, 9.17) is 20.3 Å². The predicted octanol–water partition coefficient (Wildman–Crippen LogP) is 3.87. The molecule has 1 aliphatic rings. The Hall–Kier alpha value is -4.14. The molecule has 1 fully saturated rings. The third-order valence-corrected chi connectivity index (χ3v) is 5.99. The van der Waals surface area contributed by atoms with Gasteiger partial charge in [0.1, 0.15) is 17.6 Å². The highest BCUT2D eigenvalue weighted by atomic mass is 16.5. The minimum absolute atomic E-state index is 0.0277. The molecule has 1 aromatic heterocycles. The molecule has 4 N–H and O–H groups in total. The zero-order chi connectivity index (χ0) is 24.3. The van der Waals surface area contributed by atoms with Crippen molar-refractivity contribution < 1.29 is 24.2 Å². The maximum atomic E-state index is 11.1. The number of nitrogens with one attached hydrogen (secondary N) is 1. The lowest BCUT2D eigenvalue weighted by molar-refractivity contribution is 0.0833. The number of carbonyl (C=O) groups excluding carboxylic acids is 1. The fraction of sp³-hybridized carbons (Fsp3) is 0.280. The number of ether oxygens (including phenoxy) is 2. The second kappa shape index (κ2) is 9.38. The lowest BCUT2D eigenvalue weighted by Gasteiger charge is -2.35. The number of nitrogens with zero attached hydrogens (tertiary/aromatic N) is 2. The standard InChI is InChI=1S/C25H26N4O5/c1-25(2,15-3-7-18(8-4-15)33-20-13-17(14-20)27-24(31)32)16-5-9-19(10-6-16)34-22-12-11-21(23(26)30)28-29-22/h3-12,17,20,27H,13-14H2,1-2H3,(H2,26,30)(H,31,32)/t17-,20-. The predicted molar refractivity (Wildman–Crippen MR) is 124 cm³/mol. The van der Waals surface area contributed by atoms with Crippen LogP contribution in [0.4, 0.5) is 4.79 Å². The van der Waals surface area contributed by atoms with Crippen LogP contribution in [0.25, 0.3) is 0 Å². The number of hydrogen-bond acceptors (Lipinski definition) is 6. The van der Waals surface area contributed by atoms with Crippen LogP contribution in [0.2, 0.25) is 0 Å². The fourth-order valence-electron chi connectivity index (χ4n) is 3.83. The first-order chi connectivity index (χ1) is 16.2. The summed E-state index contributed by atoms with van der Waals surface area (Å²) in [5.74, 6) is 0.991. The van der Waals surface area contributed by atoms with Crippen LogP contribution < -0.4 is 20.5 Å². The summed E-state index contributed by atoms with van der Waals surface area (Å²) >= 11 is 0.